The molecule has 0 amide bonds. The van der Waals surface area contributed by atoms with E-state index >= 15 is 0 Å². The Morgan fingerprint density at radius 3 is 2.61 bits per heavy atom. The van der Waals surface area contributed by atoms with E-state index in [-0.39, 0.29) is 5.41 Å². The molecule has 0 bridgehead atoms. The van der Waals surface area contributed by atoms with Crippen LogP contribution in [0.2, 0.25) is 0 Å². The Morgan fingerprint density at radius 2 is 2.00 bits per heavy atom. The lowest BCUT2D eigenvalue weighted by Crippen LogP contribution is -2.35. The van der Waals surface area contributed by atoms with E-state index in [0.29, 0.717) is 6.61 Å². The van der Waals surface area contributed by atoms with Gasteiger partial charge in [0, 0.05) is 22.1 Å². The standard InChI is InChI=1S/C15H22BrNO/c1-12-9-13(16)5-6-14(12)17-10-15(11-18)7-3-2-4-8-15/h5-6,9,17-18H,2-4,7-8,10-11H2,1H3. The molecule has 2 N–H and O–H groups in total. The lowest BCUT2D eigenvalue weighted by Gasteiger charge is -2.36. The summed E-state index contributed by atoms with van der Waals surface area (Å²) in [7, 11) is 0. The number of hydrogen-bond acceptors (Lipinski definition) is 2. The van der Waals surface area contributed by atoms with Crippen molar-refractivity contribution in [3.8, 4) is 0 Å². The van der Waals surface area contributed by atoms with Crippen LogP contribution in [0, 0.1) is 12.3 Å². The summed E-state index contributed by atoms with van der Waals surface area (Å²) in [6.45, 7) is 3.29. The average molecular weight is 312 g/mol. The molecular weight excluding hydrogens is 290 g/mol. The van der Waals surface area contributed by atoms with Crippen molar-refractivity contribution >= 4 is 21.6 Å². The van der Waals surface area contributed by atoms with Crippen molar-refractivity contribution in [2.45, 2.75) is 39.0 Å². The second kappa shape index (κ2) is 6.07. The van der Waals surface area contributed by atoms with Crippen molar-refractivity contribution in [1.82, 2.24) is 0 Å². The Morgan fingerprint density at radius 1 is 1.28 bits per heavy atom. The fraction of sp³-hybridized carbons (Fsp3) is 0.600. The van der Waals surface area contributed by atoms with Crippen molar-refractivity contribution in [2.75, 3.05) is 18.5 Å². The Balaban J connectivity index is 2.01. The van der Waals surface area contributed by atoms with E-state index in [1.807, 2.05) is 0 Å². The van der Waals surface area contributed by atoms with Gasteiger partial charge in [0.2, 0.25) is 0 Å². The summed E-state index contributed by atoms with van der Waals surface area (Å²) in [5, 5.41) is 13.2. The van der Waals surface area contributed by atoms with Crippen LogP contribution in [0.1, 0.15) is 37.7 Å². The van der Waals surface area contributed by atoms with Crippen molar-refractivity contribution in [3.05, 3.63) is 28.2 Å². The molecule has 0 saturated heterocycles. The molecule has 3 heteroatoms. The van der Waals surface area contributed by atoms with Crippen LogP contribution in [0.5, 0.6) is 0 Å². The maximum absolute atomic E-state index is 9.69. The molecule has 0 radical (unpaired) electrons. The molecule has 2 rings (SSSR count). The number of rotatable bonds is 4. The highest BCUT2D eigenvalue weighted by Crippen LogP contribution is 2.36. The Kier molecular flexibility index (Phi) is 4.68. The first kappa shape index (κ1) is 13.9. The van der Waals surface area contributed by atoms with Crippen molar-refractivity contribution in [1.29, 1.82) is 0 Å². The average Bonchev–Trinajstić information content (AvgIpc) is 2.39. The van der Waals surface area contributed by atoms with Gasteiger partial charge in [-0.05, 0) is 43.5 Å². The van der Waals surface area contributed by atoms with Gasteiger partial charge in [0.1, 0.15) is 0 Å². The maximum Gasteiger partial charge on any atom is 0.0504 e. The first-order valence-corrected chi connectivity index (χ1v) is 7.55. The maximum atomic E-state index is 9.69. The highest BCUT2D eigenvalue weighted by Gasteiger charge is 2.31. The van der Waals surface area contributed by atoms with E-state index in [1.165, 1.54) is 30.5 Å². The highest BCUT2D eigenvalue weighted by atomic mass is 79.9. The number of aryl methyl sites for hydroxylation is 1. The highest BCUT2D eigenvalue weighted by molar-refractivity contribution is 9.10. The molecule has 1 saturated carbocycles. The fourth-order valence-electron chi connectivity index (χ4n) is 2.80. The quantitative estimate of drug-likeness (QED) is 0.877. The van der Waals surface area contributed by atoms with E-state index in [4.69, 9.17) is 0 Å². The minimum absolute atomic E-state index is 0.0950. The molecule has 100 valence electrons. The first-order valence-electron chi connectivity index (χ1n) is 6.76. The van der Waals surface area contributed by atoms with Crippen LogP contribution < -0.4 is 5.32 Å². The van der Waals surface area contributed by atoms with E-state index in [2.05, 4.69) is 46.4 Å². The number of aliphatic hydroxyl groups excluding tert-OH is 1. The zero-order valence-corrected chi connectivity index (χ0v) is 12.6. The minimum atomic E-state index is 0.0950. The second-order valence-electron chi connectivity index (χ2n) is 5.53. The zero-order chi connectivity index (χ0) is 13.0. The number of halogens is 1. The van der Waals surface area contributed by atoms with Crippen molar-refractivity contribution < 1.29 is 5.11 Å². The van der Waals surface area contributed by atoms with Crippen LogP contribution in [0.3, 0.4) is 0 Å². The molecule has 18 heavy (non-hydrogen) atoms. The summed E-state index contributed by atoms with van der Waals surface area (Å²) in [5.74, 6) is 0. The summed E-state index contributed by atoms with van der Waals surface area (Å²) < 4.78 is 1.11. The lowest BCUT2D eigenvalue weighted by atomic mass is 9.74. The topological polar surface area (TPSA) is 32.3 Å². The SMILES string of the molecule is Cc1cc(Br)ccc1NCC1(CO)CCCCC1. The van der Waals surface area contributed by atoms with Crippen LogP contribution in [0.25, 0.3) is 0 Å². The van der Waals surface area contributed by atoms with Gasteiger partial charge < -0.3 is 10.4 Å². The summed E-state index contributed by atoms with van der Waals surface area (Å²) >= 11 is 3.48. The Bertz CT molecular complexity index is 399. The molecule has 0 aliphatic heterocycles. The summed E-state index contributed by atoms with van der Waals surface area (Å²) in [6.07, 6.45) is 6.11. The molecule has 1 fully saturated rings. The third-order valence-corrected chi connectivity index (χ3v) is 4.59. The molecule has 0 spiro atoms. The summed E-state index contributed by atoms with van der Waals surface area (Å²) in [6, 6.07) is 6.28. The van der Waals surface area contributed by atoms with Crippen molar-refractivity contribution in [2.24, 2.45) is 5.41 Å². The van der Waals surface area contributed by atoms with Crippen LogP contribution in [-0.2, 0) is 0 Å². The van der Waals surface area contributed by atoms with Gasteiger partial charge >= 0.3 is 0 Å². The molecule has 2 nitrogen and oxygen atoms in total. The van der Waals surface area contributed by atoms with Gasteiger partial charge in [-0.3, -0.25) is 0 Å². The Hall–Kier alpha value is -0.540. The predicted octanol–water partition coefficient (Wildman–Crippen LogP) is 4.11. The lowest BCUT2D eigenvalue weighted by molar-refractivity contribution is 0.0944. The molecule has 1 aliphatic rings. The van der Waals surface area contributed by atoms with Crippen LogP contribution in [0.15, 0.2) is 22.7 Å². The van der Waals surface area contributed by atoms with Gasteiger partial charge in [-0.25, -0.2) is 0 Å². The normalized spacial score (nSPS) is 18.6. The molecule has 1 aromatic carbocycles. The van der Waals surface area contributed by atoms with E-state index in [1.54, 1.807) is 0 Å². The predicted molar refractivity (Wildman–Crippen MR) is 80.0 cm³/mol. The molecular formula is C15H22BrNO. The van der Waals surface area contributed by atoms with Gasteiger partial charge in [0.25, 0.3) is 0 Å². The number of aliphatic hydroxyl groups is 1. The first-order chi connectivity index (χ1) is 8.65. The number of nitrogens with one attached hydrogen (secondary N) is 1. The second-order valence-corrected chi connectivity index (χ2v) is 6.45. The number of benzene rings is 1. The summed E-state index contributed by atoms with van der Waals surface area (Å²) in [4.78, 5) is 0. The van der Waals surface area contributed by atoms with Gasteiger partial charge in [-0.1, -0.05) is 35.2 Å². The van der Waals surface area contributed by atoms with Gasteiger partial charge in [0.15, 0.2) is 0 Å². The Labute approximate surface area is 118 Å². The molecule has 0 aromatic heterocycles. The van der Waals surface area contributed by atoms with Crippen LogP contribution >= 0.6 is 15.9 Å². The largest absolute Gasteiger partial charge is 0.396 e. The van der Waals surface area contributed by atoms with E-state index in [0.717, 1.165) is 23.9 Å². The van der Waals surface area contributed by atoms with E-state index < -0.39 is 0 Å². The van der Waals surface area contributed by atoms with Crippen LogP contribution in [-0.4, -0.2) is 18.3 Å². The van der Waals surface area contributed by atoms with Crippen LogP contribution in [0.4, 0.5) is 5.69 Å². The molecule has 1 aliphatic carbocycles. The smallest absolute Gasteiger partial charge is 0.0504 e. The number of hydrogen-bond donors (Lipinski definition) is 2. The minimum Gasteiger partial charge on any atom is -0.396 e. The molecule has 0 unspecified atom stereocenters. The van der Waals surface area contributed by atoms with Gasteiger partial charge in [-0.2, -0.15) is 0 Å². The zero-order valence-electron chi connectivity index (χ0n) is 11.0. The molecule has 0 atom stereocenters. The van der Waals surface area contributed by atoms with Crippen molar-refractivity contribution in [3.63, 3.8) is 0 Å². The third-order valence-electron chi connectivity index (χ3n) is 4.09. The summed E-state index contributed by atoms with van der Waals surface area (Å²) in [5.41, 5.74) is 2.52. The molecule has 1 aromatic rings. The van der Waals surface area contributed by atoms with E-state index in [9.17, 15) is 5.11 Å². The molecule has 0 heterocycles. The van der Waals surface area contributed by atoms with Gasteiger partial charge in [0.05, 0.1) is 6.61 Å². The number of anilines is 1. The fourth-order valence-corrected chi connectivity index (χ4v) is 3.28. The third kappa shape index (κ3) is 3.27. The monoisotopic (exact) mass is 311 g/mol. The van der Waals surface area contributed by atoms with Gasteiger partial charge in [-0.15, -0.1) is 0 Å².